The molecular formula is C37H47N3O6. The van der Waals surface area contributed by atoms with Gasteiger partial charge >= 0.3 is 12.1 Å². The predicted octanol–water partition coefficient (Wildman–Crippen LogP) is 8.38. The maximum absolute atomic E-state index is 12.5. The summed E-state index contributed by atoms with van der Waals surface area (Å²) in [6, 6.07) is 21.4. The minimum absolute atomic E-state index is 0.244. The first-order chi connectivity index (χ1) is 22.2. The molecule has 2 aliphatic rings. The van der Waals surface area contributed by atoms with Gasteiger partial charge in [-0.25, -0.2) is 9.59 Å². The van der Waals surface area contributed by atoms with Crippen molar-refractivity contribution in [3.8, 4) is 5.75 Å². The summed E-state index contributed by atoms with van der Waals surface area (Å²) in [6.45, 7) is 9.07. The summed E-state index contributed by atoms with van der Waals surface area (Å²) in [5.41, 5.74) is 5.84. The maximum atomic E-state index is 12.5. The summed E-state index contributed by atoms with van der Waals surface area (Å²) in [4.78, 5) is 26.6. The number of nitrogens with one attached hydrogen (secondary N) is 2. The number of nitrogens with zero attached hydrogens (tertiary/aromatic N) is 1. The first-order valence-corrected chi connectivity index (χ1v) is 16.5. The third-order valence-corrected chi connectivity index (χ3v) is 8.24. The molecule has 2 N–H and O–H groups in total. The van der Waals surface area contributed by atoms with Crippen LogP contribution in [0.15, 0.2) is 66.7 Å². The fraction of sp³-hybridized carbons (Fsp3) is 0.459. The quantitative estimate of drug-likeness (QED) is 0.164. The predicted molar refractivity (Wildman–Crippen MR) is 179 cm³/mol. The van der Waals surface area contributed by atoms with Gasteiger partial charge in [0.05, 0.1) is 13.2 Å². The molecule has 2 heterocycles. The average Bonchev–Trinajstić information content (AvgIpc) is 3.40. The summed E-state index contributed by atoms with van der Waals surface area (Å²) in [7, 11) is 0. The van der Waals surface area contributed by atoms with Crippen molar-refractivity contribution in [1.29, 1.82) is 0 Å². The van der Waals surface area contributed by atoms with E-state index in [2.05, 4.69) is 16.7 Å². The summed E-state index contributed by atoms with van der Waals surface area (Å²) in [6.07, 6.45) is 6.53. The molecule has 0 saturated carbocycles. The van der Waals surface area contributed by atoms with Crippen LogP contribution in [-0.2, 0) is 27.2 Å². The van der Waals surface area contributed by atoms with E-state index in [-0.39, 0.29) is 18.2 Å². The van der Waals surface area contributed by atoms with Gasteiger partial charge in [-0.05, 0) is 86.6 Å². The number of hydrogen-bond donors (Lipinski definition) is 2. The van der Waals surface area contributed by atoms with E-state index >= 15 is 0 Å². The van der Waals surface area contributed by atoms with Crippen LogP contribution in [0.2, 0.25) is 0 Å². The minimum atomic E-state index is -0.629. The SMILES string of the molecule is Cc1ccc(NC(=O)Nc2cccc(CCCCOCCCCCCN3CC(c4ccc5c(c4)COC(C)(C)O5)OC3=O)c2)cc1. The normalized spacial score (nSPS) is 16.8. The number of amides is 3. The van der Waals surface area contributed by atoms with Gasteiger partial charge in [0, 0.05) is 50.5 Å². The largest absolute Gasteiger partial charge is 0.463 e. The zero-order valence-corrected chi connectivity index (χ0v) is 27.3. The van der Waals surface area contributed by atoms with E-state index in [1.807, 2.05) is 86.3 Å². The van der Waals surface area contributed by atoms with Crippen LogP contribution in [0.3, 0.4) is 0 Å². The molecule has 9 nitrogen and oxygen atoms in total. The molecule has 0 aliphatic carbocycles. The Morgan fingerprint density at radius 3 is 2.50 bits per heavy atom. The van der Waals surface area contributed by atoms with Gasteiger partial charge < -0.3 is 34.5 Å². The molecule has 0 spiro atoms. The molecule has 246 valence electrons. The summed E-state index contributed by atoms with van der Waals surface area (Å²) in [5.74, 6) is 0.192. The zero-order valence-electron chi connectivity index (χ0n) is 27.3. The molecule has 0 radical (unpaired) electrons. The van der Waals surface area contributed by atoms with E-state index in [9.17, 15) is 9.59 Å². The Morgan fingerprint density at radius 2 is 1.67 bits per heavy atom. The number of rotatable bonds is 15. The second kappa shape index (κ2) is 16.0. The van der Waals surface area contributed by atoms with E-state index in [1.54, 1.807) is 0 Å². The first-order valence-electron chi connectivity index (χ1n) is 16.5. The van der Waals surface area contributed by atoms with Gasteiger partial charge in [-0.3, -0.25) is 0 Å². The Hall–Kier alpha value is -4.08. The van der Waals surface area contributed by atoms with Crippen LogP contribution in [0.4, 0.5) is 21.0 Å². The molecule has 3 aromatic carbocycles. The van der Waals surface area contributed by atoms with E-state index in [4.69, 9.17) is 18.9 Å². The van der Waals surface area contributed by atoms with E-state index < -0.39 is 5.79 Å². The van der Waals surface area contributed by atoms with Crippen molar-refractivity contribution in [2.24, 2.45) is 0 Å². The molecule has 0 bridgehead atoms. The van der Waals surface area contributed by atoms with Crippen LogP contribution in [0.5, 0.6) is 5.75 Å². The lowest BCUT2D eigenvalue weighted by Crippen LogP contribution is -2.35. The van der Waals surface area contributed by atoms with Crippen molar-refractivity contribution in [2.45, 2.75) is 84.2 Å². The topological polar surface area (TPSA) is 98.4 Å². The van der Waals surface area contributed by atoms with Crippen molar-refractivity contribution in [3.63, 3.8) is 0 Å². The number of unbranched alkanes of at least 4 members (excludes halogenated alkanes) is 4. The standard InChI is InChI=1S/C37H47N3O6/c1-27-14-17-31(18-15-27)38-35(41)39-32-13-10-12-28(23-32)11-6-9-22-43-21-8-5-4-7-20-40-25-34(45-36(40)42)29-16-19-33-30(24-29)26-44-37(2,3)46-33/h10,12-19,23-24,34H,4-9,11,20-22,25-26H2,1-3H3,(H2,38,39,41). The third kappa shape index (κ3) is 9.96. The van der Waals surface area contributed by atoms with Crippen LogP contribution in [0.1, 0.15) is 80.7 Å². The molecule has 46 heavy (non-hydrogen) atoms. The summed E-state index contributed by atoms with van der Waals surface area (Å²) >= 11 is 0. The number of ether oxygens (including phenoxy) is 4. The molecule has 5 rings (SSSR count). The van der Waals surface area contributed by atoms with Crippen LogP contribution in [0, 0.1) is 6.92 Å². The van der Waals surface area contributed by atoms with E-state index in [1.165, 1.54) is 5.56 Å². The fourth-order valence-corrected chi connectivity index (χ4v) is 5.65. The van der Waals surface area contributed by atoms with Gasteiger partial charge in [0.1, 0.15) is 11.9 Å². The number of carbonyl (C=O) groups excluding carboxylic acids is 2. The highest BCUT2D eigenvalue weighted by atomic mass is 16.7. The van der Waals surface area contributed by atoms with Crippen LogP contribution in [-0.4, -0.2) is 49.1 Å². The van der Waals surface area contributed by atoms with E-state index in [0.717, 1.165) is 92.0 Å². The van der Waals surface area contributed by atoms with Crippen molar-refractivity contribution < 1.29 is 28.5 Å². The number of aryl methyl sites for hydroxylation is 2. The number of anilines is 2. The van der Waals surface area contributed by atoms with Gasteiger partial charge in [0.25, 0.3) is 0 Å². The lowest BCUT2D eigenvalue weighted by atomic mass is 10.0. The fourth-order valence-electron chi connectivity index (χ4n) is 5.65. The molecule has 1 atom stereocenters. The first kappa shape index (κ1) is 33.3. The van der Waals surface area contributed by atoms with Crippen molar-refractivity contribution >= 4 is 23.5 Å². The Morgan fingerprint density at radius 1 is 0.913 bits per heavy atom. The van der Waals surface area contributed by atoms with Crippen LogP contribution < -0.4 is 15.4 Å². The summed E-state index contributed by atoms with van der Waals surface area (Å²) in [5, 5.41) is 5.78. The second-order valence-corrected chi connectivity index (χ2v) is 12.6. The molecule has 3 amide bonds. The van der Waals surface area contributed by atoms with Crippen molar-refractivity contribution in [2.75, 3.05) is 36.9 Å². The van der Waals surface area contributed by atoms with Gasteiger partial charge in [-0.1, -0.05) is 48.7 Å². The van der Waals surface area contributed by atoms with Gasteiger partial charge in [0.15, 0.2) is 0 Å². The number of urea groups is 1. The highest BCUT2D eigenvalue weighted by Gasteiger charge is 2.33. The smallest absolute Gasteiger partial charge is 0.410 e. The Bertz CT molecular complexity index is 1460. The molecular weight excluding hydrogens is 582 g/mol. The molecule has 9 heteroatoms. The minimum Gasteiger partial charge on any atom is -0.463 e. The van der Waals surface area contributed by atoms with Gasteiger partial charge in [-0.2, -0.15) is 0 Å². The van der Waals surface area contributed by atoms with E-state index in [0.29, 0.717) is 19.7 Å². The molecule has 1 saturated heterocycles. The number of hydrogen-bond acceptors (Lipinski definition) is 6. The highest BCUT2D eigenvalue weighted by molar-refractivity contribution is 5.99. The van der Waals surface area contributed by atoms with Gasteiger partial charge in [-0.15, -0.1) is 0 Å². The van der Waals surface area contributed by atoms with Crippen molar-refractivity contribution in [3.05, 3.63) is 89.0 Å². The number of fused-ring (bicyclic) bond motifs is 1. The van der Waals surface area contributed by atoms with Crippen LogP contribution >= 0.6 is 0 Å². The third-order valence-electron chi connectivity index (χ3n) is 8.24. The Balaban J connectivity index is 0.887. The second-order valence-electron chi connectivity index (χ2n) is 12.6. The molecule has 3 aromatic rings. The molecule has 1 fully saturated rings. The van der Waals surface area contributed by atoms with Crippen LogP contribution in [0.25, 0.3) is 0 Å². The lowest BCUT2D eigenvalue weighted by molar-refractivity contribution is -0.180. The van der Waals surface area contributed by atoms with Gasteiger partial charge in [0.2, 0.25) is 5.79 Å². The highest BCUT2D eigenvalue weighted by Crippen LogP contribution is 2.35. The number of benzene rings is 3. The number of carbonyl (C=O) groups is 2. The Kier molecular flexibility index (Phi) is 11.5. The average molecular weight is 630 g/mol. The molecule has 0 aromatic heterocycles. The number of cyclic esters (lactones) is 1. The zero-order chi connectivity index (χ0) is 32.4. The summed E-state index contributed by atoms with van der Waals surface area (Å²) < 4.78 is 23.2. The lowest BCUT2D eigenvalue weighted by Gasteiger charge is -2.32. The monoisotopic (exact) mass is 629 g/mol. The molecule has 1 unspecified atom stereocenters. The molecule has 2 aliphatic heterocycles. The van der Waals surface area contributed by atoms with Crippen molar-refractivity contribution in [1.82, 2.24) is 4.90 Å². The Labute approximate surface area is 272 Å². The maximum Gasteiger partial charge on any atom is 0.410 e.